The van der Waals surface area contributed by atoms with Crippen molar-refractivity contribution >= 4 is 29.3 Å². The molecule has 2 N–H and O–H groups in total. The second kappa shape index (κ2) is 15.5. The van der Waals surface area contributed by atoms with Crippen molar-refractivity contribution in [2.24, 2.45) is 11.8 Å². The van der Waals surface area contributed by atoms with Gasteiger partial charge in [-0.15, -0.1) is 17.8 Å². The Morgan fingerprint density at radius 2 is 1.80 bits per heavy atom. The molecule has 41 heavy (non-hydrogen) atoms. The summed E-state index contributed by atoms with van der Waals surface area (Å²) in [5, 5.41) is 14.6. The number of amides is 2. The lowest BCUT2D eigenvalue weighted by Gasteiger charge is -2.34. The summed E-state index contributed by atoms with van der Waals surface area (Å²) in [5.74, 6) is 0.606. The minimum atomic E-state index is -0.919. The molecule has 0 saturated heterocycles. The van der Waals surface area contributed by atoms with Gasteiger partial charge in [-0.1, -0.05) is 57.0 Å². The van der Waals surface area contributed by atoms with Crippen LogP contribution in [-0.2, 0) is 20.7 Å². The van der Waals surface area contributed by atoms with Gasteiger partial charge in [0.1, 0.15) is 29.0 Å². The summed E-state index contributed by atoms with van der Waals surface area (Å²) in [6.45, 7) is 11.1. The van der Waals surface area contributed by atoms with Crippen LogP contribution in [0.2, 0.25) is 0 Å². The van der Waals surface area contributed by atoms with E-state index in [1.165, 1.54) is 11.3 Å². The summed E-state index contributed by atoms with van der Waals surface area (Å²) >= 11 is 1.28. The topological polar surface area (TPSA) is 118 Å². The van der Waals surface area contributed by atoms with E-state index in [0.717, 1.165) is 5.56 Å². The molecular weight excluding hydrogens is 542 g/mol. The second-order valence-corrected chi connectivity index (χ2v) is 12.4. The average Bonchev–Trinajstić information content (AvgIpc) is 3.38. The van der Waals surface area contributed by atoms with Crippen molar-refractivity contribution in [2.45, 2.75) is 84.6 Å². The molecule has 0 aliphatic heterocycles. The van der Waals surface area contributed by atoms with E-state index in [4.69, 9.17) is 15.9 Å². The highest BCUT2D eigenvalue weighted by molar-refractivity contribution is 7.09. The first kappa shape index (κ1) is 33.8. The molecule has 2 rings (SSSR count). The van der Waals surface area contributed by atoms with Crippen molar-refractivity contribution in [3.8, 4) is 12.3 Å². The zero-order chi connectivity index (χ0) is 30.7. The maximum absolute atomic E-state index is 13.3. The number of carbonyl (C=O) groups excluding carboxylic acids is 2. The van der Waals surface area contributed by atoms with Gasteiger partial charge in [0.2, 0.25) is 0 Å². The molecule has 1 aromatic carbocycles. The molecule has 2 aromatic rings. The number of thiazole rings is 1. The van der Waals surface area contributed by atoms with Gasteiger partial charge < -0.3 is 24.8 Å². The largest absolute Gasteiger partial charge is 0.481 e. The predicted octanol–water partition coefficient (Wildman–Crippen LogP) is 5.57. The quantitative estimate of drug-likeness (QED) is 0.278. The lowest BCUT2D eigenvalue weighted by Crippen LogP contribution is -2.44. The van der Waals surface area contributed by atoms with E-state index in [1.807, 2.05) is 65.0 Å². The molecule has 1 heterocycles. The molecule has 0 fully saturated rings. The number of carbonyl (C=O) groups is 3. The van der Waals surface area contributed by atoms with Crippen LogP contribution in [-0.4, -0.2) is 64.3 Å². The summed E-state index contributed by atoms with van der Waals surface area (Å²) in [4.78, 5) is 43.7. The van der Waals surface area contributed by atoms with E-state index in [9.17, 15) is 19.5 Å². The van der Waals surface area contributed by atoms with Gasteiger partial charge in [-0.05, 0) is 45.1 Å². The third kappa shape index (κ3) is 11.2. The van der Waals surface area contributed by atoms with Crippen molar-refractivity contribution < 1.29 is 29.0 Å². The number of hydrogen-bond acceptors (Lipinski definition) is 7. The Labute approximate surface area is 247 Å². The minimum Gasteiger partial charge on any atom is -0.481 e. The Morgan fingerprint density at radius 1 is 1.15 bits per heavy atom. The van der Waals surface area contributed by atoms with Crippen molar-refractivity contribution in [1.82, 2.24) is 15.2 Å². The summed E-state index contributed by atoms with van der Waals surface area (Å²) in [6, 6.07) is 8.95. The highest BCUT2D eigenvalue weighted by Crippen LogP contribution is 2.30. The van der Waals surface area contributed by atoms with Gasteiger partial charge in [0, 0.05) is 30.9 Å². The number of aromatic nitrogens is 1. The maximum Gasteiger partial charge on any atom is 0.410 e. The molecule has 0 bridgehead atoms. The van der Waals surface area contributed by atoms with E-state index in [2.05, 4.69) is 16.2 Å². The second-order valence-electron chi connectivity index (χ2n) is 11.5. The fraction of sp³-hybridized carbons (Fsp3) is 0.548. The van der Waals surface area contributed by atoms with Gasteiger partial charge in [0.15, 0.2) is 0 Å². The molecule has 0 radical (unpaired) electrons. The molecule has 4 unspecified atom stereocenters. The van der Waals surface area contributed by atoms with Crippen LogP contribution in [0.25, 0.3) is 0 Å². The number of benzene rings is 1. The van der Waals surface area contributed by atoms with Gasteiger partial charge >= 0.3 is 12.1 Å². The van der Waals surface area contributed by atoms with Crippen LogP contribution < -0.4 is 5.32 Å². The third-order valence-corrected chi connectivity index (χ3v) is 7.46. The number of ether oxygens (including phenoxy) is 2. The fourth-order valence-corrected chi connectivity index (χ4v) is 5.23. The highest BCUT2D eigenvalue weighted by Gasteiger charge is 2.32. The van der Waals surface area contributed by atoms with Crippen molar-refractivity contribution in [2.75, 3.05) is 13.7 Å². The number of hydrogen-bond donors (Lipinski definition) is 2. The molecule has 10 heteroatoms. The number of terminal acetylenes is 1. The number of carboxylic acids is 1. The first-order valence-electron chi connectivity index (χ1n) is 13.8. The molecule has 0 aliphatic rings. The van der Waals surface area contributed by atoms with Crippen LogP contribution in [0.3, 0.4) is 0 Å². The molecule has 9 nitrogen and oxygen atoms in total. The molecule has 2 amide bonds. The van der Waals surface area contributed by atoms with Gasteiger partial charge in [-0.2, -0.15) is 0 Å². The molecule has 0 aliphatic carbocycles. The molecule has 0 saturated carbocycles. The summed E-state index contributed by atoms with van der Waals surface area (Å²) in [5.41, 5.74) is 0.567. The lowest BCUT2D eigenvalue weighted by molar-refractivity contribution is -0.141. The van der Waals surface area contributed by atoms with E-state index in [0.29, 0.717) is 17.8 Å². The summed E-state index contributed by atoms with van der Waals surface area (Å²) in [6.07, 6.45) is 5.64. The van der Waals surface area contributed by atoms with Crippen LogP contribution in [0.1, 0.15) is 81.5 Å². The minimum absolute atomic E-state index is 0.0406. The molecular formula is C31H43N3O6S. The Hall–Kier alpha value is -3.42. The van der Waals surface area contributed by atoms with Gasteiger partial charge in [-0.3, -0.25) is 9.59 Å². The summed E-state index contributed by atoms with van der Waals surface area (Å²) < 4.78 is 11.5. The van der Waals surface area contributed by atoms with E-state index in [1.54, 1.807) is 24.3 Å². The van der Waals surface area contributed by atoms with Gasteiger partial charge in [0.05, 0.1) is 5.92 Å². The number of carboxylic acid groups (broad SMARTS) is 1. The lowest BCUT2D eigenvalue weighted by atomic mass is 9.96. The Balaban J connectivity index is 2.24. The number of rotatable bonds is 14. The van der Waals surface area contributed by atoms with Crippen LogP contribution in [0.5, 0.6) is 0 Å². The SMILES string of the molecule is C#CCOC(CC(C(C)C)N(C)C(=O)OC(C)(C)C)c1nc(C(=O)NC(Cc2ccccc2)CC(C)C(=O)O)cs1. The average molecular weight is 586 g/mol. The maximum atomic E-state index is 13.3. The normalized spacial score (nSPS) is 14.4. The fourth-order valence-electron chi connectivity index (χ4n) is 4.37. The molecule has 1 aromatic heterocycles. The van der Waals surface area contributed by atoms with Crippen molar-refractivity contribution in [3.05, 3.63) is 52.0 Å². The number of nitrogens with one attached hydrogen (secondary N) is 1. The van der Waals surface area contributed by atoms with Crippen LogP contribution in [0.4, 0.5) is 4.79 Å². The van der Waals surface area contributed by atoms with Crippen molar-refractivity contribution in [3.63, 3.8) is 0 Å². The van der Waals surface area contributed by atoms with Crippen molar-refractivity contribution in [1.29, 1.82) is 0 Å². The molecule has 4 atom stereocenters. The number of nitrogens with zero attached hydrogens (tertiary/aromatic N) is 2. The van der Waals surface area contributed by atoms with Gasteiger partial charge in [0.25, 0.3) is 5.91 Å². The molecule has 224 valence electrons. The van der Waals surface area contributed by atoms with Gasteiger partial charge in [-0.25, -0.2) is 9.78 Å². The van der Waals surface area contributed by atoms with Crippen LogP contribution >= 0.6 is 11.3 Å². The third-order valence-electron chi connectivity index (χ3n) is 6.52. The number of aliphatic carboxylic acids is 1. The van der Waals surface area contributed by atoms with E-state index >= 15 is 0 Å². The molecule has 0 spiro atoms. The van der Waals surface area contributed by atoms with E-state index < -0.39 is 41.6 Å². The Morgan fingerprint density at radius 3 is 2.37 bits per heavy atom. The monoisotopic (exact) mass is 585 g/mol. The zero-order valence-corrected chi connectivity index (χ0v) is 25.9. The van der Waals surface area contributed by atoms with E-state index in [-0.39, 0.29) is 30.7 Å². The predicted molar refractivity (Wildman–Crippen MR) is 160 cm³/mol. The van der Waals surface area contributed by atoms with Crippen LogP contribution in [0.15, 0.2) is 35.7 Å². The highest BCUT2D eigenvalue weighted by atomic mass is 32.1. The first-order chi connectivity index (χ1) is 19.2. The Bertz CT molecular complexity index is 1180. The first-order valence-corrected chi connectivity index (χ1v) is 14.6. The summed E-state index contributed by atoms with van der Waals surface area (Å²) in [7, 11) is 1.70. The zero-order valence-electron chi connectivity index (χ0n) is 25.0. The standard InChI is InChI=1S/C31H43N3O6S/c1-9-15-39-26(18-25(20(2)3)34(8)30(38)40-31(5,6)7)28-33-24(19-41-28)27(35)32-23(16-21(4)29(36)37)17-22-13-11-10-12-14-22/h1,10-14,19-21,23,25-26H,15-18H2,2-8H3,(H,32,35)(H,36,37). The smallest absolute Gasteiger partial charge is 0.410 e. The Kier molecular flexibility index (Phi) is 12.8. The van der Waals surface area contributed by atoms with Crippen LogP contribution in [0, 0.1) is 24.2 Å².